The molecule has 0 fully saturated rings. The smallest absolute Gasteiger partial charge is 0.241 e. The van der Waals surface area contributed by atoms with Crippen LogP contribution in [0.3, 0.4) is 0 Å². The Bertz CT molecular complexity index is 1160. The highest BCUT2D eigenvalue weighted by Crippen LogP contribution is 2.30. The second kappa shape index (κ2) is 7.10. The van der Waals surface area contributed by atoms with Crippen LogP contribution < -0.4 is 11.1 Å². The molecule has 1 amide bonds. The van der Waals surface area contributed by atoms with Crippen molar-refractivity contribution in [2.24, 2.45) is 0 Å². The fraction of sp³-hybridized carbons (Fsp3) is 0.211. The number of nitrogens with one attached hydrogen (secondary N) is 2. The number of hydrogen-bond donors (Lipinski definition) is 3. The monoisotopic (exact) mass is 376 g/mol. The van der Waals surface area contributed by atoms with E-state index in [0.29, 0.717) is 0 Å². The molecule has 0 unspecified atom stereocenters. The zero-order valence-corrected chi connectivity index (χ0v) is 15.6. The Morgan fingerprint density at radius 3 is 2.89 bits per heavy atom. The molecule has 142 valence electrons. The second-order valence-corrected chi connectivity index (χ2v) is 6.38. The first-order valence-electron chi connectivity index (χ1n) is 8.91. The number of aromatic nitrogens is 6. The van der Waals surface area contributed by atoms with Crippen LogP contribution in [0.2, 0.25) is 0 Å². The van der Waals surface area contributed by atoms with Crippen LogP contribution in [-0.2, 0) is 17.8 Å². The molecule has 4 aromatic heterocycles. The number of carbonyl (C=O) groups excluding carboxylic acids is 1. The number of likely N-dealkylation sites (N-methyl/N-ethyl adjacent to an activating group) is 1. The molecule has 0 aliphatic heterocycles. The summed E-state index contributed by atoms with van der Waals surface area (Å²) in [4.78, 5) is 27.8. The van der Waals surface area contributed by atoms with E-state index in [4.69, 9.17) is 5.73 Å². The minimum atomic E-state index is -0.107. The molecule has 0 spiro atoms. The predicted octanol–water partition coefficient (Wildman–Crippen LogP) is 1.77. The number of aryl methyl sites for hydroxylation is 1. The fourth-order valence-electron chi connectivity index (χ4n) is 3.04. The van der Waals surface area contributed by atoms with E-state index in [9.17, 15) is 4.79 Å². The number of carbonyl (C=O) groups is 1. The van der Waals surface area contributed by atoms with Gasteiger partial charge < -0.3 is 16.0 Å². The second-order valence-electron chi connectivity index (χ2n) is 6.38. The van der Waals surface area contributed by atoms with Crippen LogP contribution in [0.4, 0.5) is 5.95 Å². The lowest BCUT2D eigenvalue weighted by Crippen LogP contribution is -2.23. The number of rotatable bonds is 5. The van der Waals surface area contributed by atoms with Gasteiger partial charge in [-0.1, -0.05) is 6.92 Å². The Hall–Kier alpha value is -3.75. The summed E-state index contributed by atoms with van der Waals surface area (Å²) in [5, 5.41) is 7.76. The number of nitrogen functional groups attached to an aromatic ring is 1. The van der Waals surface area contributed by atoms with E-state index in [1.165, 1.54) is 0 Å². The molecule has 0 radical (unpaired) electrons. The molecule has 0 aliphatic carbocycles. The maximum absolute atomic E-state index is 11.5. The Labute approximate surface area is 161 Å². The van der Waals surface area contributed by atoms with Crippen molar-refractivity contribution in [2.45, 2.75) is 19.9 Å². The van der Waals surface area contributed by atoms with Crippen LogP contribution >= 0.6 is 0 Å². The fourth-order valence-corrected chi connectivity index (χ4v) is 3.04. The van der Waals surface area contributed by atoms with Gasteiger partial charge >= 0.3 is 0 Å². The Kier molecular flexibility index (Phi) is 4.48. The Morgan fingerprint density at radius 2 is 2.11 bits per heavy atom. The molecule has 0 saturated heterocycles. The van der Waals surface area contributed by atoms with Crippen molar-refractivity contribution in [3.05, 3.63) is 42.6 Å². The van der Waals surface area contributed by atoms with Gasteiger partial charge in [0.25, 0.3) is 0 Å². The predicted molar refractivity (Wildman–Crippen MR) is 106 cm³/mol. The molecule has 4 aromatic rings. The quantitative estimate of drug-likeness (QED) is 0.487. The third kappa shape index (κ3) is 3.29. The number of hydrogen-bond acceptors (Lipinski definition) is 6. The van der Waals surface area contributed by atoms with Gasteiger partial charge in [-0.25, -0.2) is 15.0 Å². The standard InChI is InChI=1S/C19H20N8O/c1-3-13-5-16(26-19(20)25-13)15-8-23-18-14(15)4-11(6-22-18)12-7-24-27(9-12)10-17(28)21-2/h4-9H,3,10H2,1-2H3,(H,21,28)(H,22,23)(H2,20,25,26). The number of anilines is 1. The number of amides is 1. The first-order chi connectivity index (χ1) is 13.6. The van der Waals surface area contributed by atoms with E-state index in [-0.39, 0.29) is 18.4 Å². The number of nitrogens with two attached hydrogens (primary N) is 1. The van der Waals surface area contributed by atoms with Gasteiger partial charge in [0.05, 0.1) is 11.9 Å². The summed E-state index contributed by atoms with van der Waals surface area (Å²) in [6.07, 6.45) is 7.96. The van der Waals surface area contributed by atoms with Crippen molar-refractivity contribution in [1.29, 1.82) is 0 Å². The third-order valence-corrected chi connectivity index (χ3v) is 4.52. The Morgan fingerprint density at radius 1 is 1.25 bits per heavy atom. The van der Waals surface area contributed by atoms with Crippen LogP contribution in [0.15, 0.2) is 36.9 Å². The normalized spacial score (nSPS) is 11.1. The average molecular weight is 376 g/mol. The summed E-state index contributed by atoms with van der Waals surface area (Å²) >= 11 is 0. The molecule has 9 nitrogen and oxygen atoms in total. The van der Waals surface area contributed by atoms with E-state index >= 15 is 0 Å². The highest BCUT2D eigenvalue weighted by atomic mass is 16.1. The van der Waals surface area contributed by atoms with Crippen LogP contribution in [0.5, 0.6) is 0 Å². The lowest BCUT2D eigenvalue weighted by molar-refractivity contribution is -0.121. The van der Waals surface area contributed by atoms with Crippen LogP contribution in [0.25, 0.3) is 33.4 Å². The molecular formula is C19H20N8O. The first-order valence-corrected chi connectivity index (χ1v) is 8.91. The van der Waals surface area contributed by atoms with Crippen molar-refractivity contribution in [3.8, 4) is 22.4 Å². The van der Waals surface area contributed by atoms with E-state index in [0.717, 1.165) is 45.5 Å². The molecule has 4 rings (SSSR count). The van der Waals surface area contributed by atoms with Crippen LogP contribution in [-0.4, -0.2) is 42.7 Å². The summed E-state index contributed by atoms with van der Waals surface area (Å²) < 4.78 is 1.59. The molecule has 28 heavy (non-hydrogen) atoms. The van der Waals surface area contributed by atoms with Crippen molar-refractivity contribution < 1.29 is 4.79 Å². The van der Waals surface area contributed by atoms with Gasteiger partial charge in [-0.3, -0.25) is 9.48 Å². The third-order valence-electron chi connectivity index (χ3n) is 4.52. The highest BCUT2D eigenvalue weighted by molar-refractivity contribution is 5.95. The van der Waals surface area contributed by atoms with Crippen molar-refractivity contribution in [2.75, 3.05) is 12.8 Å². The first kappa shape index (κ1) is 17.7. The zero-order chi connectivity index (χ0) is 19.7. The lowest BCUT2D eigenvalue weighted by Gasteiger charge is -2.04. The number of fused-ring (bicyclic) bond motifs is 1. The number of H-pyrrole nitrogens is 1. The summed E-state index contributed by atoms with van der Waals surface area (Å²) in [6.45, 7) is 2.19. The molecule has 0 bridgehead atoms. The molecule has 9 heteroatoms. The number of pyridine rings is 1. The largest absolute Gasteiger partial charge is 0.368 e. The lowest BCUT2D eigenvalue weighted by atomic mass is 10.1. The van der Waals surface area contributed by atoms with Gasteiger partial charge in [0, 0.05) is 53.4 Å². The van der Waals surface area contributed by atoms with Gasteiger partial charge in [0.1, 0.15) is 12.2 Å². The molecular weight excluding hydrogens is 356 g/mol. The summed E-state index contributed by atoms with van der Waals surface area (Å²) in [5.74, 6) is 0.146. The summed E-state index contributed by atoms with van der Waals surface area (Å²) in [7, 11) is 1.60. The van der Waals surface area contributed by atoms with Gasteiger partial charge in [0.15, 0.2) is 0 Å². The van der Waals surface area contributed by atoms with E-state index in [1.807, 2.05) is 31.5 Å². The van der Waals surface area contributed by atoms with Gasteiger partial charge in [-0.15, -0.1) is 0 Å². The SMILES string of the molecule is CCc1cc(-c2c[nH]c3ncc(-c4cnn(CC(=O)NC)c4)cc23)nc(N)n1. The van der Waals surface area contributed by atoms with E-state index in [2.05, 4.69) is 30.4 Å². The van der Waals surface area contributed by atoms with Crippen LogP contribution in [0.1, 0.15) is 12.6 Å². The van der Waals surface area contributed by atoms with Crippen molar-refractivity contribution >= 4 is 22.9 Å². The number of aromatic amines is 1. The zero-order valence-electron chi connectivity index (χ0n) is 15.6. The minimum Gasteiger partial charge on any atom is -0.368 e. The van der Waals surface area contributed by atoms with E-state index < -0.39 is 0 Å². The molecule has 4 N–H and O–H groups in total. The molecule has 0 aliphatic rings. The topological polar surface area (TPSA) is 127 Å². The molecule has 4 heterocycles. The van der Waals surface area contributed by atoms with Crippen LogP contribution in [0, 0.1) is 0 Å². The Balaban J connectivity index is 1.75. The summed E-state index contributed by atoms with van der Waals surface area (Å²) in [5.41, 5.74) is 10.9. The maximum atomic E-state index is 11.5. The minimum absolute atomic E-state index is 0.107. The molecule has 0 atom stereocenters. The number of nitrogens with zero attached hydrogens (tertiary/aromatic N) is 5. The van der Waals surface area contributed by atoms with Gasteiger partial charge in [0.2, 0.25) is 11.9 Å². The van der Waals surface area contributed by atoms with E-state index in [1.54, 1.807) is 24.1 Å². The van der Waals surface area contributed by atoms with Crippen molar-refractivity contribution in [3.63, 3.8) is 0 Å². The molecule has 0 saturated carbocycles. The average Bonchev–Trinajstić information content (AvgIpc) is 3.33. The van der Waals surface area contributed by atoms with Gasteiger partial charge in [-0.2, -0.15) is 5.10 Å². The molecule has 0 aromatic carbocycles. The highest BCUT2D eigenvalue weighted by Gasteiger charge is 2.13. The maximum Gasteiger partial charge on any atom is 0.241 e. The summed E-state index contributed by atoms with van der Waals surface area (Å²) in [6, 6.07) is 3.96. The van der Waals surface area contributed by atoms with Gasteiger partial charge in [-0.05, 0) is 18.6 Å². The van der Waals surface area contributed by atoms with Crippen molar-refractivity contribution in [1.82, 2.24) is 35.0 Å².